The maximum atomic E-state index is 15.3. The smallest absolute Gasteiger partial charge is 0.268 e. The van der Waals surface area contributed by atoms with Crippen LogP contribution in [0.25, 0.3) is 17.0 Å². The van der Waals surface area contributed by atoms with Crippen LogP contribution in [0, 0.1) is 11.0 Å². The SMILES string of the molecule is CC(C)Oc1c(N2CCNCC2)c(F)cc2cc(C(=O)C=Cc3cccnc3)c[n+]([O-])c12. The van der Waals surface area contributed by atoms with Crippen LogP contribution in [0.1, 0.15) is 29.8 Å². The van der Waals surface area contributed by atoms with E-state index in [-0.39, 0.29) is 34.4 Å². The van der Waals surface area contributed by atoms with Gasteiger partial charge in [-0.1, -0.05) is 6.07 Å². The molecule has 0 bridgehead atoms. The van der Waals surface area contributed by atoms with Gasteiger partial charge in [-0.3, -0.25) is 9.78 Å². The Morgan fingerprint density at radius 3 is 2.81 bits per heavy atom. The summed E-state index contributed by atoms with van der Waals surface area (Å²) in [5, 5.41) is 16.6. The fraction of sp³-hybridized carbons (Fsp3) is 0.292. The minimum atomic E-state index is -0.481. The average molecular weight is 436 g/mol. The second kappa shape index (κ2) is 9.32. The van der Waals surface area contributed by atoms with Crippen molar-refractivity contribution in [1.29, 1.82) is 0 Å². The number of ketones is 1. The van der Waals surface area contributed by atoms with Gasteiger partial charge in [-0.15, -0.1) is 0 Å². The second-order valence-corrected chi connectivity index (χ2v) is 7.92. The minimum absolute atomic E-state index is 0.164. The lowest BCUT2D eigenvalue weighted by Gasteiger charge is -2.31. The quantitative estimate of drug-likeness (QED) is 0.277. The zero-order valence-corrected chi connectivity index (χ0v) is 18.0. The molecule has 1 saturated heterocycles. The van der Waals surface area contributed by atoms with E-state index in [1.54, 1.807) is 24.5 Å². The summed E-state index contributed by atoms with van der Waals surface area (Å²) >= 11 is 0. The van der Waals surface area contributed by atoms with Gasteiger partial charge in [0.1, 0.15) is 5.69 Å². The van der Waals surface area contributed by atoms with Crippen molar-refractivity contribution >= 4 is 28.4 Å². The van der Waals surface area contributed by atoms with E-state index in [1.807, 2.05) is 24.8 Å². The molecule has 1 aliphatic rings. The zero-order chi connectivity index (χ0) is 22.7. The third kappa shape index (κ3) is 4.55. The molecular weight excluding hydrogens is 411 g/mol. The van der Waals surface area contributed by atoms with Crippen molar-refractivity contribution in [1.82, 2.24) is 10.3 Å². The average Bonchev–Trinajstić information content (AvgIpc) is 2.78. The zero-order valence-electron chi connectivity index (χ0n) is 18.0. The predicted molar refractivity (Wildman–Crippen MR) is 121 cm³/mol. The van der Waals surface area contributed by atoms with E-state index in [0.717, 1.165) is 5.56 Å². The first kappa shape index (κ1) is 21.7. The molecule has 3 heterocycles. The number of pyridine rings is 2. The Hall–Kier alpha value is -3.52. The lowest BCUT2D eigenvalue weighted by molar-refractivity contribution is -0.577. The Morgan fingerprint density at radius 1 is 1.34 bits per heavy atom. The van der Waals surface area contributed by atoms with Crippen molar-refractivity contribution in [3.63, 3.8) is 0 Å². The highest BCUT2D eigenvalue weighted by Gasteiger charge is 2.28. The molecule has 166 valence electrons. The number of halogens is 1. The fourth-order valence-corrected chi connectivity index (χ4v) is 3.77. The van der Waals surface area contributed by atoms with Gasteiger partial charge in [-0.05, 0) is 49.8 Å². The van der Waals surface area contributed by atoms with Crippen LogP contribution in [0.3, 0.4) is 0 Å². The second-order valence-electron chi connectivity index (χ2n) is 7.92. The number of fused-ring (bicyclic) bond motifs is 1. The van der Waals surface area contributed by atoms with E-state index in [1.165, 1.54) is 24.4 Å². The van der Waals surface area contributed by atoms with Gasteiger partial charge in [0.15, 0.2) is 17.8 Å². The first-order valence-corrected chi connectivity index (χ1v) is 10.6. The molecule has 0 unspecified atom stereocenters. The summed E-state index contributed by atoms with van der Waals surface area (Å²) in [4.78, 5) is 18.6. The first-order chi connectivity index (χ1) is 15.4. The normalized spacial score (nSPS) is 14.4. The fourth-order valence-electron chi connectivity index (χ4n) is 3.77. The van der Waals surface area contributed by atoms with Gasteiger partial charge in [-0.25, -0.2) is 4.39 Å². The van der Waals surface area contributed by atoms with Crippen molar-refractivity contribution in [2.75, 3.05) is 31.1 Å². The maximum Gasteiger partial charge on any atom is 0.268 e. The van der Waals surface area contributed by atoms with E-state index < -0.39 is 5.82 Å². The predicted octanol–water partition coefficient (Wildman–Crippen LogP) is 3.10. The van der Waals surface area contributed by atoms with Crippen LogP contribution in [0.15, 0.2) is 48.9 Å². The van der Waals surface area contributed by atoms with Crippen molar-refractivity contribution in [3.05, 3.63) is 71.1 Å². The van der Waals surface area contributed by atoms with E-state index >= 15 is 4.39 Å². The molecule has 1 aromatic carbocycles. The van der Waals surface area contributed by atoms with Crippen LogP contribution in [-0.4, -0.2) is 43.1 Å². The Bertz CT molecular complexity index is 1160. The number of ether oxygens (including phenoxy) is 1. The summed E-state index contributed by atoms with van der Waals surface area (Å²) in [6, 6.07) is 6.40. The molecule has 0 saturated carbocycles. The Morgan fingerprint density at radius 2 is 2.12 bits per heavy atom. The third-order valence-electron chi connectivity index (χ3n) is 5.18. The molecule has 1 aliphatic heterocycles. The van der Waals surface area contributed by atoms with Gasteiger partial charge < -0.3 is 20.2 Å². The van der Waals surface area contributed by atoms with Gasteiger partial charge in [0.25, 0.3) is 5.52 Å². The highest BCUT2D eigenvalue weighted by Crippen LogP contribution is 2.38. The summed E-state index contributed by atoms with van der Waals surface area (Å²) in [7, 11) is 0. The summed E-state index contributed by atoms with van der Waals surface area (Å²) in [5.41, 5.74) is 1.42. The molecule has 3 aromatic rings. The summed E-state index contributed by atoms with van der Waals surface area (Å²) in [6.07, 6.45) is 7.21. The maximum absolute atomic E-state index is 15.3. The standard InChI is InChI=1S/C24H25FN4O3/c1-16(2)32-24-22-18(13-20(25)23(24)28-10-8-26-9-11-28)12-19(15-29(22)31)21(30)6-5-17-4-3-7-27-14-17/h3-7,12-16,26H,8-11H2,1-2H3. The van der Waals surface area contributed by atoms with Crippen molar-refractivity contribution in [2.45, 2.75) is 20.0 Å². The monoisotopic (exact) mass is 436 g/mol. The number of rotatable bonds is 6. The van der Waals surface area contributed by atoms with Crippen LogP contribution in [0.2, 0.25) is 0 Å². The number of hydrogen-bond donors (Lipinski definition) is 1. The number of nitrogens with zero attached hydrogens (tertiary/aromatic N) is 3. The minimum Gasteiger partial charge on any atom is -0.618 e. The molecule has 1 N–H and O–H groups in total. The van der Waals surface area contributed by atoms with Gasteiger partial charge in [-0.2, -0.15) is 4.73 Å². The van der Waals surface area contributed by atoms with Crippen LogP contribution in [0.4, 0.5) is 10.1 Å². The molecule has 4 rings (SSSR count). The number of nitrogens with one attached hydrogen (secondary N) is 1. The van der Waals surface area contributed by atoms with E-state index in [9.17, 15) is 10.0 Å². The van der Waals surface area contributed by atoms with Gasteiger partial charge in [0.05, 0.1) is 17.1 Å². The summed E-state index contributed by atoms with van der Waals surface area (Å²) in [5.74, 6) is -0.638. The molecule has 32 heavy (non-hydrogen) atoms. The van der Waals surface area contributed by atoms with Crippen molar-refractivity contribution in [2.24, 2.45) is 0 Å². The molecule has 1 fully saturated rings. The number of anilines is 1. The van der Waals surface area contributed by atoms with Crippen molar-refractivity contribution < 1.29 is 18.7 Å². The number of aromatic nitrogens is 2. The van der Waals surface area contributed by atoms with Gasteiger partial charge in [0, 0.05) is 38.6 Å². The van der Waals surface area contributed by atoms with Crippen LogP contribution in [0.5, 0.6) is 5.75 Å². The number of allylic oxidation sites excluding steroid dienone is 1. The highest BCUT2D eigenvalue weighted by atomic mass is 19.1. The van der Waals surface area contributed by atoms with Crippen molar-refractivity contribution in [3.8, 4) is 5.75 Å². The molecule has 0 radical (unpaired) electrons. The lowest BCUT2D eigenvalue weighted by atomic mass is 10.1. The number of hydrogen-bond acceptors (Lipinski definition) is 6. The molecule has 0 spiro atoms. The molecule has 0 aliphatic carbocycles. The van der Waals surface area contributed by atoms with Gasteiger partial charge >= 0.3 is 0 Å². The Labute approximate surface area is 185 Å². The largest absolute Gasteiger partial charge is 0.618 e. The molecule has 7 nitrogen and oxygen atoms in total. The van der Waals surface area contributed by atoms with E-state index in [0.29, 0.717) is 36.3 Å². The highest BCUT2D eigenvalue weighted by molar-refractivity contribution is 6.08. The van der Waals surface area contributed by atoms with E-state index in [4.69, 9.17) is 4.74 Å². The molecular formula is C24H25FN4O3. The first-order valence-electron chi connectivity index (χ1n) is 10.6. The summed E-state index contributed by atoms with van der Waals surface area (Å²) < 4.78 is 21.8. The number of benzene rings is 1. The topological polar surface area (TPSA) is 81.4 Å². The molecule has 0 atom stereocenters. The van der Waals surface area contributed by atoms with Crippen LogP contribution >= 0.6 is 0 Å². The Kier molecular flexibility index (Phi) is 6.32. The number of carbonyl (C=O) groups is 1. The number of piperazine rings is 1. The van der Waals surface area contributed by atoms with E-state index in [2.05, 4.69) is 10.3 Å². The molecule has 8 heteroatoms. The van der Waals surface area contributed by atoms with Crippen LogP contribution < -0.4 is 19.7 Å². The Balaban J connectivity index is 1.78. The third-order valence-corrected chi connectivity index (χ3v) is 5.18. The number of carbonyl (C=O) groups excluding carboxylic acids is 1. The molecule has 2 aromatic heterocycles. The molecule has 0 amide bonds. The summed E-state index contributed by atoms with van der Waals surface area (Å²) in [6.45, 7) is 6.29. The lowest BCUT2D eigenvalue weighted by Crippen LogP contribution is -2.44. The van der Waals surface area contributed by atoms with Gasteiger partial charge in [0.2, 0.25) is 5.75 Å². The van der Waals surface area contributed by atoms with Crippen LogP contribution in [-0.2, 0) is 0 Å².